The number of aromatic nitrogens is 7. The molecule has 6 fully saturated rings. The minimum Gasteiger partial charge on any atom is -0.504 e. The molecule has 7 aliphatic rings. The van der Waals surface area contributed by atoms with E-state index in [0.29, 0.717) is 53.5 Å². The van der Waals surface area contributed by atoms with Crippen LogP contribution in [0.1, 0.15) is 92.1 Å². The summed E-state index contributed by atoms with van der Waals surface area (Å²) in [6.07, 6.45) is 10.8. The van der Waals surface area contributed by atoms with Gasteiger partial charge < -0.3 is 29.5 Å². The van der Waals surface area contributed by atoms with E-state index in [1.165, 1.54) is 31.1 Å². The van der Waals surface area contributed by atoms with Crippen molar-refractivity contribution in [1.82, 2.24) is 44.7 Å². The molecule has 5 aliphatic carbocycles. The Kier molecular flexibility index (Phi) is 6.31. The third-order valence-corrected chi connectivity index (χ3v) is 12.8. The maximum atomic E-state index is 14.7. The molecule has 1 saturated heterocycles. The number of nitrogens with one attached hydrogen (secondary N) is 1. The molecule has 264 valence electrons. The quantitative estimate of drug-likeness (QED) is 0.292. The van der Waals surface area contributed by atoms with Crippen LogP contribution in [-0.2, 0) is 4.79 Å². The second kappa shape index (κ2) is 10.5. The van der Waals surface area contributed by atoms with Gasteiger partial charge in [-0.25, -0.2) is 15.0 Å². The van der Waals surface area contributed by atoms with E-state index in [-0.39, 0.29) is 57.7 Å². The number of anilines is 1. The lowest BCUT2D eigenvalue weighted by Gasteiger charge is -2.71. The first kappa shape index (κ1) is 30.7. The van der Waals surface area contributed by atoms with Gasteiger partial charge in [-0.1, -0.05) is 6.92 Å². The fourth-order valence-electron chi connectivity index (χ4n) is 10.2. The van der Waals surface area contributed by atoms with E-state index in [1.54, 1.807) is 30.2 Å². The lowest BCUT2D eigenvalue weighted by atomic mass is 9.37. The van der Waals surface area contributed by atoms with Crippen molar-refractivity contribution in [1.29, 1.82) is 0 Å². The number of hydrogen-bond donors (Lipinski definition) is 2. The molecule has 6 heterocycles. The fraction of sp³-hybridized carbons (Fsp3) is 0.556. The van der Waals surface area contributed by atoms with Crippen LogP contribution in [0.3, 0.4) is 0 Å². The van der Waals surface area contributed by atoms with Crippen LogP contribution in [-0.4, -0.2) is 94.2 Å². The van der Waals surface area contributed by atoms with Gasteiger partial charge in [0.2, 0.25) is 17.2 Å². The van der Waals surface area contributed by atoms with Crippen molar-refractivity contribution in [2.24, 2.45) is 11.3 Å². The minimum atomic E-state index is -0.552. The molecule has 4 aromatic rings. The first-order chi connectivity index (χ1) is 24.6. The van der Waals surface area contributed by atoms with E-state index in [1.807, 2.05) is 4.57 Å². The van der Waals surface area contributed by atoms with Crippen molar-refractivity contribution >= 4 is 28.7 Å². The summed E-state index contributed by atoms with van der Waals surface area (Å²) in [5.74, 6) is 0.525. The van der Waals surface area contributed by atoms with Gasteiger partial charge in [-0.15, -0.1) is 15.0 Å². The first-order valence-corrected chi connectivity index (χ1v) is 18.1. The number of aryl methyl sites for hydroxylation is 1. The van der Waals surface area contributed by atoms with E-state index in [2.05, 4.69) is 32.1 Å². The number of carbonyl (C=O) groups is 2. The Morgan fingerprint density at radius 1 is 1.04 bits per heavy atom. The van der Waals surface area contributed by atoms with Gasteiger partial charge in [0.15, 0.2) is 22.6 Å². The van der Waals surface area contributed by atoms with Crippen LogP contribution in [0.2, 0.25) is 0 Å². The SMILES string of the molecule is COc1cc(-n2nc3c(=O)c(N4CCN(C(=O)c5ncnc(C)c5O)[C@H]5CC[C@@H]54)c4n(c3n2)[C@H](C(=O)NC23CC(C5CC5)(C2)C3)C[C@H]4C)ccn1. The molecule has 51 heavy (non-hydrogen) atoms. The molecule has 2 bridgehead atoms. The topological polar surface area (TPSA) is 173 Å². The first-order valence-electron chi connectivity index (χ1n) is 18.1. The molecule has 15 nitrogen and oxygen atoms in total. The Labute approximate surface area is 293 Å². The number of nitrogens with zero attached hydrogens (tertiary/aromatic N) is 9. The number of piperazine rings is 1. The van der Waals surface area contributed by atoms with Gasteiger partial charge in [0.05, 0.1) is 30.2 Å². The molecule has 2 amide bonds. The lowest BCUT2D eigenvalue weighted by Crippen LogP contribution is -2.75. The van der Waals surface area contributed by atoms with Crippen molar-refractivity contribution in [3.05, 3.63) is 52.0 Å². The van der Waals surface area contributed by atoms with Gasteiger partial charge in [0.25, 0.3) is 5.91 Å². The maximum Gasteiger partial charge on any atom is 0.276 e. The Morgan fingerprint density at radius 2 is 1.82 bits per heavy atom. The second-order valence-electron chi connectivity index (χ2n) is 15.8. The average Bonchev–Trinajstić information content (AvgIpc) is 3.72. The molecule has 0 spiro atoms. The zero-order chi connectivity index (χ0) is 35.0. The highest BCUT2D eigenvalue weighted by atomic mass is 16.5. The van der Waals surface area contributed by atoms with E-state index in [0.717, 1.165) is 43.7 Å². The summed E-state index contributed by atoms with van der Waals surface area (Å²) in [6.45, 7) is 4.45. The minimum absolute atomic E-state index is 0.0115. The maximum absolute atomic E-state index is 14.7. The van der Waals surface area contributed by atoms with Gasteiger partial charge in [-0.2, -0.15) is 0 Å². The lowest BCUT2D eigenvalue weighted by molar-refractivity contribution is -0.177. The van der Waals surface area contributed by atoms with E-state index >= 15 is 0 Å². The zero-order valence-corrected chi connectivity index (χ0v) is 28.9. The molecule has 0 unspecified atom stereocenters. The van der Waals surface area contributed by atoms with E-state index in [9.17, 15) is 19.5 Å². The molecule has 4 aromatic heterocycles. The third kappa shape index (κ3) is 4.29. The highest BCUT2D eigenvalue weighted by Crippen LogP contribution is 2.75. The Hall–Kier alpha value is -5.08. The van der Waals surface area contributed by atoms with Crippen LogP contribution in [0.25, 0.3) is 16.9 Å². The highest BCUT2D eigenvalue weighted by molar-refractivity contribution is 5.95. The number of rotatable bonds is 7. The number of ether oxygens (including phenoxy) is 1. The van der Waals surface area contributed by atoms with Crippen LogP contribution in [0.4, 0.5) is 5.69 Å². The van der Waals surface area contributed by atoms with E-state index in [4.69, 9.17) is 14.9 Å². The molecule has 11 rings (SSSR count). The number of aromatic hydroxyl groups is 1. The Bertz CT molecular complexity index is 2210. The van der Waals surface area contributed by atoms with Crippen molar-refractivity contribution < 1.29 is 19.4 Å². The smallest absolute Gasteiger partial charge is 0.276 e. The average molecular weight is 693 g/mol. The number of amides is 2. The molecule has 2 aliphatic heterocycles. The standard InChI is InChI=1S/C36H40N10O5/c1-18-12-24(33(49)40-36-14-35(15-36,16-36)20-4-5-20)45-28(18)29(31(48)26-32(45)42-46(41-26)21-8-9-37-25(13-21)51-3)43-10-11-44(23-7-6-22(23)43)34(50)27-30(47)19(2)38-17-39-27/h8-9,13,17-18,20,22-24,47H,4-7,10-12,14-16H2,1-3H3,(H,40,49)/t18-,22+,23+,24+,35?,36?/m1/s1. The molecular weight excluding hydrogens is 652 g/mol. The van der Waals surface area contributed by atoms with Crippen LogP contribution >= 0.6 is 0 Å². The Balaban J connectivity index is 1.05. The van der Waals surface area contributed by atoms with Crippen LogP contribution in [0.15, 0.2) is 29.5 Å². The van der Waals surface area contributed by atoms with Gasteiger partial charge in [0.1, 0.15) is 18.1 Å². The van der Waals surface area contributed by atoms with Crippen molar-refractivity contribution in [3.63, 3.8) is 0 Å². The number of hydrogen-bond acceptors (Lipinski definition) is 11. The summed E-state index contributed by atoms with van der Waals surface area (Å²) < 4.78 is 7.32. The number of carbonyl (C=O) groups excluding carboxylic acids is 2. The highest BCUT2D eigenvalue weighted by Gasteiger charge is 2.72. The fourth-order valence-corrected chi connectivity index (χ4v) is 10.2. The largest absolute Gasteiger partial charge is 0.504 e. The third-order valence-electron chi connectivity index (χ3n) is 12.8. The van der Waals surface area contributed by atoms with Gasteiger partial charge in [-0.05, 0) is 75.7 Å². The number of pyridine rings is 2. The normalized spacial score (nSPS) is 30.2. The zero-order valence-electron chi connectivity index (χ0n) is 28.9. The molecule has 0 radical (unpaired) electrons. The molecule has 5 saturated carbocycles. The Morgan fingerprint density at radius 3 is 2.55 bits per heavy atom. The van der Waals surface area contributed by atoms with Crippen LogP contribution in [0.5, 0.6) is 11.6 Å². The van der Waals surface area contributed by atoms with Crippen molar-refractivity contribution in [2.45, 2.75) is 94.8 Å². The van der Waals surface area contributed by atoms with Crippen molar-refractivity contribution in [3.8, 4) is 17.3 Å². The molecule has 0 aromatic carbocycles. The summed E-state index contributed by atoms with van der Waals surface area (Å²) in [5.41, 5.74) is 2.88. The molecular formula is C36H40N10O5. The summed E-state index contributed by atoms with van der Waals surface area (Å²) in [6, 6.07) is 2.60. The number of fused-ring (bicyclic) bond motifs is 4. The van der Waals surface area contributed by atoms with Gasteiger partial charge in [-0.3, -0.25) is 14.4 Å². The summed E-state index contributed by atoms with van der Waals surface area (Å²) in [5, 5.41) is 23.7. The van der Waals surface area contributed by atoms with E-state index < -0.39 is 6.04 Å². The number of methoxy groups -OCH3 is 1. The van der Waals surface area contributed by atoms with Crippen LogP contribution in [0, 0.1) is 18.3 Å². The molecule has 2 N–H and O–H groups in total. The second-order valence-corrected chi connectivity index (χ2v) is 15.8. The van der Waals surface area contributed by atoms with Gasteiger partial charge >= 0.3 is 0 Å². The van der Waals surface area contributed by atoms with Crippen LogP contribution < -0.4 is 20.4 Å². The summed E-state index contributed by atoms with van der Waals surface area (Å²) in [7, 11) is 1.53. The molecule has 15 heteroatoms. The van der Waals surface area contributed by atoms with Gasteiger partial charge in [0, 0.05) is 42.9 Å². The predicted octanol–water partition coefficient (Wildman–Crippen LogP) is 2.78. The molecule has 4 atom stereocenters. The van der Waals surface area contributed by atoms with Crippen molar-refractivity contribution in [2.75, 3.05) is 25.1 Å². The summed E-state index contributed by atoms with van der Waals surface area (Å²) >= 11 is 0. The predicted molar refractivity (Wildman–Crippen MR) is 183 cm³/mol. The summed E-state index contributed by atoms with van der Waals surface area (Å²) in [4.78, 5) is 60.4. The monoisotopic (exact) mass is 692 g/mol.